The van der Waals surface area contributed by atoms with E-state index in [9.17, 15) is 13.2 Å². The van der Waals surface area contributed by atoms with Gasteiger partial charge in [-0.3, -0.25) is 0 Å². The number of halogens is 3. The summed E-state index contributed by atoms with van der Waals surface area (Å²) >= 11 is 0. The summed E-state index contributed by atoms with van der Waals surface area (Å²) in [5.74, 6) is -1.54. The van der Waals surface area contributed by atoms with E-state index in [2.05, 4.69) is 5.32 Å². The van der Waals surface area contributed by atoms with E-state index in [1.54, 1.807) is 19.1 Å². The molecule has 0 amide bonds. The minimum Gasteiger partial charge on any atom is -0.307 e. The molecule has 0 spiro atoms. The Hall–Kier alpha value is -1.81. The summed E-state index contributed by atoms with van der Waals surface area (Å²) in [6.45, 7) is 4.19. The maximum absolute atomic E-state index is 13.4. The fourth-order valence-corrected chi connectivity index (χ4v) is 2.22. The summed E-state index contributed by atoms with van der Waals surface area (Å²) in [6.07, 6.45) is 0. The van der Waals surface area contributed by atoms with Crippen LogP contribution in [0.2, 0.25) is 0 Å². The molecule has 4 heteroatoms. The van der Waals surface area contributed by atoms with Gasteiger partial charge in [-0.05, 0) is 48.4 Å². The topological polar surface area (TPSA) is 12.0 Å². The lowest BCUT2D eigenvalue weighted by atomic mass is 9.97. The zero-order valence-electron chi connectivity index (χ0n) is 11.4. The highest BCUT2D eigenvalue weighted by molar-refractivity contribution is 5.35. The van der Waals surface area contributed by atoms with Gasteiger partial charge in [0.2, 0.25) is 0 Å². The Labute approximate surface area is 116 Å². The van der Waals surface area contributed by atoms with Gasteiger partial charge in [0, 0.05) is 6.07 Å². The SMILES string of the molecule is CCNC(c1cc(F)cc(F)c1)c1ccc(F)c(C)c1. The zero-order chi connectivity index (χ0) is 14.7. The Kier molecular flexibility index (Phi) is 4.45. The molecule has 0 radical (unpaired) electrons. The monoisotopic (exact) mass is 279 g/mol. The minimum atomic E-state index is -0.623. The maximum atomic E-state index is 13.4. The van der Waals surface area contributed by atoms with Crippen LogP contribution in [-0.2, 0) is 0 Å². The number of nitrogens with one attached hydrogen (secondary N) is 1. The average molecular weight is 279 g/mol. The van der Waals surface area contributed by atoms with E-state index in [4.69, 9.17) is 0 Å². The fourth-order valence-electron chi connectivity index (χ4n) is 2.22. The van der Waals surface area contributed by atoms with Gasteiger partial charge in [-0.1, -0.05) is 19.1 Å². The van der Waals surface area contributed by atoms with Crippen LogP contribution in [0.5, 0.6) is 0 Å². The molecule has 1 nitrogen and oxygen atoms in total. The molecule has 20 heavy (non-hydrogen) atoms. The average Bonchev–Trinajstić information content (AvgIpc) is 2.38. The van der Waals surface area contributed by atoms with Crippen molar-refractivity contribution in [3.8, 4) is 0 Å². The third-order valence-corrected chi connectivity index (χ3v) is 3.14. The molecule has 0 heterocycles. The Morgan fingerprint density at radius 2 is 1.60 bits per heavy atom. The van der Waals surface area contributed by atoms with Crippen molar-refractivity contribution in [3.63, 3.8) is 0 Å². The van der Waals surface area contributed by atoms with Crippen LogP contribution in [0.4, 0.5) is 13.2 Å². The summed E-state index contributed by atoms with van der Waals surface area (Å²) < 4.78 is 40.1. The summed E-state index contributed by atoms with van der Waals surface area (Å²) in [4.78, 5) is 0. The third-order valence-electron chi connectivity index (χ3n) is 3.14. The van der Waals surface area contributed by atoms with Crippen LogP contribution in [0.1, 0.15) is 29.7 Å². The van der Waals surface area contributed by atoms with E-state index in [1.165, 1.54) is 18.2 Å². The van der Waals surface area contributed by atoms with Crippen LogP contribution < -0.4 is 5.32 Å². The van der Waals surface area contributed by atoms with Crippen LogP contribution in [0.25, 0.3) is 0 Å². The molecule has 0 bridgehead atoms. The fraction of sp³-hybridized carbons (Fsp3) is 0.250. The highest BCUT2D eigenvalue weighted by Crippen LogP contribution is 2.25. The van der Waals surface area contributed by atoms with Gasteiger partial charge in [0.25, 0.3) is 0 Å². The van der Waals surface area contributed by atoms with Crippen molar-refractivity contribution in [1.82, 2.24) is 5.32 Å². The van der Waals surface area contributed by atoms with Crippen LogP contribution in [0, 0.1) is 24.4 Å². The van der Waals surface area contributed by atoms with Gasteiger partial charge < -0.3 is 5.32 Å². The van der Waals surface area contributed by atoms with Gasteiger partial charge in [-0.25, -0.2) is 13.2 Å². The van der Waals surface area contributed by atoms with E-state index >= 15 is 0 Å². The largest absolute Gasteiger partial charge is 0.307 e. The van der Waals surface area contributed by atoms with Gasteiger partial charge in [0.05, 0.1) is 6.04 Å². The standard InChI is InChI=1S/C16H16F3N/c1-3-20-16(11-4-5-15(19)10(2)6-11)12-7-13(17)9-14(18)8-12/h4-9,16,20H,3H2,1-2H3. The summed E-state index contributed by atoms with van der Waals surface area (Å²) in [7, 11) is 0. The van der Waals surface area contributed by atoms with Gasteiger partial charge in [-0.2, -0.15) is 0 Å². The second kappa shape index (κ2) is 6.09. The molecule has 1 atom stereocenters. The molecular weight excluding hydrogens is 263 g/mol. The highest BCUT2D eigenvalue weighted by atomic mass is 19.1. The number of rotatable bonds is 4. The van der Waals surface area contributed by atoms with Crippen molar-refractivity contribution in [2.75, 3.05) is 6.54 Å². The van der Waals surface area contributed by atoms with Crippen molar-refractivity contribution in [2.45, 2.75) is 19.9 Å². The smallest absolute Gasteiger partial charge is 0.126 e. The predicted molar refractivity (Wildman–Crippen MR) is 73.0 cm³/mol. The molecule has 0 aliphatic carbocycles. The molecule has 0 aliphatic rings. The van der Waals surface area contributed by atoms with E-state index < -0.39 is 11.6 Å². The number of hydrogen-bond acceptors (Lipinski definition) is 1. The number of hydrogen-bond donors (Lipinski definition) is 1. The molecule has 2 rings (SSSR count). The predicted octanol–water partition coefficient (Wildman–Crippen LogP) is 4.11. The molecule has 0 aliphatic heterocycles. The zero-order valence-corrected chi connectivity index (χ0v) is 11.4. The van der Waals surface area contributed by atoms with Gasteiger partial charge in [0.15, 0.2) is 0 Å². The van der Waals surface area contributed by atoms with Gasteiger partial charge >= 0.3 is 0 Å². The first-order valence-corrected chi connectivity index (χ1v) is 6.46. The first-order chi connectivity index (χ1) is 9.51. The molecule has 0 aromatic heterocycles. The van der Waals surface area contributed by atoms with E-state index in [0.29, 0.717) is 17.7 Å². The quantitative estimate of drug-likeness (QED) is 0.888. The number of aryl methyl sites for hydroxylation is 1. The molecule has 2 aromatic rings. The van der Waals surface area contributed by atoms with E-state index in [0.717, 1.165) is 11.6 Å². The third kappa shape index (κ3) is 3.20. The molecule has 0 saturated carbocycles. The number of benzene rings is 2. The van der Waals surface area contributed by atoms with Crippen LogP contribution in [0.15, 0.2) is 36.4 Å². The Balaban J connectivity index is 2.46. The summed E-state index contributed by atoms with van der Waals surface area (Å²) in [6, 6.07) is 7.71. The lowest BCUT2D eigenvalue weighted by molar-refractivity contribution is 0.564. The highest BCUT2D eigenvalue weighted by Gasteiger charge is 2.16. The summed E-state index contributed by atoms with van der Waals surface area (Å²) in [5, 5.41) is 3.16. The summed E-state index contributed by atoms with van der Waals surface area (Å²) in [5.41, 5.74) is 1.76. The molecular formula is C16H16F3N. The molecule has 1 N–H and O–H groups in total. The van der Waals surface area contributed by atoms with Gasteiger partial charge in [0.1, 0.15) is 17.5 Å². The normalized spacial score (nSPS) is 12.4. The van der Waals surface area contributed by atoms with E-state index in [1.807, 2.05) is 6.92 Å². The lowest BCUT2D eigenvalue weighted by Crippen LogP contribution is -2.22. The lowest BCUT2D eigenvalue weighted by Gasteiger charge is -2.20. The molecule has 2 aromatic carbocycles. The van der Waals surface area contributed by atoms with Crippen molar-refractivity contribution >= 4 is 0 Å². The molecule has 0 fully saturated rings. The maximum Gasteiger partial charge on any atom is 0.126 e. The van der Waals surface area contributed by atoms with E-state index in [-0.39, 0.29) is 11.9 Å². The second-order valence-electron chi connectivity index (χ2n) is 4.70. The van der Waals surface area contributed by atoms with Crippen molar-refractivity contribution < 1.29 is 13.2 Å². The minimum absolute atomic E-state index is 0.297. The Morgan fingerprint density at radius 1 is 0.950 bits per heavy atom. The Morgan fingerprint density at radius 3 is 2.15 bits per heavy atom. The molecule has 1 unspecified atom stereocenters. The molecule has 106 valence electrons. The van der Waals surface area contributed by atoms with Crippen LogP contribution >= 0.6 is 0 Å². The first kappa shape index (κ1) is 14.6. The van der Waals surface area contributed by atoms with Crippen molar-refractivity contribution in [2.24, 2.45) is 0 Å². The van der Waals surface area contributed by atoms with Gasteiger partial charge in [-0.15, -0.1) is 0 Å². The second-order valence-corrected chi connectivity index (χ2v) is 4.70. The van der Waals surface area contributed by atoms with Crippen LogP contribution in [-0.4, -0.2) is 6.54 Å². The van der Waals surface area contributed by atoms with Crippen molar-refractivity contribution in [3.05, 3.63) is 70.5 Å². The van der Waals surface area contributed by atoms with Crippen LogP contribution in [0.3, 0.4) is 0 Å². The van der Waals surface area contributed by atoms with Crippen molar-refractivity contribution in [1.29, 1.82) is 0 Å². The first-order valence-electron chi connectivity index (χ1n) is 6.46. The Bertz CT molecular complexity index is 590. The molecule has 0 saturated heterocycles.